The van der Waals surface area contributed by atoms with Gasteiger partial charge in [0.2, 0.25) is 5.91 Å². The maximum atomic E-state index is 12.0. The van der Waals surface area contributed by atoms with Crippen LogP contribution in [0.15, 0.2) is 24.3 Å². The highest BCUT2D eigenvalue weighted by Crippen LogP contribution is 2.19. The summed E-state index contributed by atoms with van der Waals surface area (Å²) >= 11 is 0. The second kappa shape index (κ2) is 8.29. The van der Waals surface area contributed by atoms with E-state index in [1.807, 2.05) is 12.1 Å². The van der Waals surface area contributed by atoms with Gasteiger partial charge < -0.3 is 19.7 Å². The number of amides is 1. The van der Waals surface area contributed by atoms with Crippen molar-refractivity contribution in [3.8, 4) is 0 Å². The Bertz CT molecular complexity index is 494. The molecule has 0 saturated carbocycles. The molecule has 0 aliphatic carbocycles. The largest absolute Gasteiger partial charge is 0.379 e. The molecule has 0 unspecified atom stereocenters. The minimum absolute atomic E-state index is 0.0654. The first kappa shape index (κ1) is 16.2. The maximum Gasteiger partial charge on any atom is 0.225 e. The minimum Gasteiger partial charge on any atom is -0.379 e. The number of carbonyl (C=O) groups is 1. The van der Waals surface area contributed by atoms with Crippen LogP contribution >= 0.6 is 0 Å². The molecule has 126 valence electrons. The van der Waals surface area contributed by atoms with Crippen LogP contribution in [0.25, 0.3) is 0 Å². The number of hydrogen-bond acceptors (Lipinski definition) is 5. The smallest absolute Gasteiger partial charge is 0.225 e. The lowest BCUT2D eigenvalue weighted by molar-refractivity contribution is -0.116. The van der Waals surface area contributed by atoms with Crippen LogP contribution in [-0.4, -0.2) is 70.0 Å². The van der Waals surface area contributed by atoms with Gasteiger partial charge in [-0.15, -0.1) is 0 Å². The van der Waals surface area contributed by atoms with Crippen molar-refractivity contribution in [2.24, 2.45) is 0 Å². The van der Waals surface area contributed by atoms with E-state index in [1.54, 1.807) is 0 Å². The predicted octanol–water partition coefficient (Wildman–Crippen LogP) is 1.18. The molecule has 1 aromatic carbocycles. The quantitative estimate of drug-likeness (QED) is 0.883. The summed E-state index contributed by atoms with van der Waals surface area (Å²) in [4.78, 5) is 16.6. The molecule has 6 nitrogen and oxygen atoms in total. The molecule has 3 rings (SSSR count). The third-order valence-corrected chi connectivity index (χ3v) is 4.29. The number of carbonyl (C=O) groups excluding carboxylic acids is 1. The number of benzene rings is 1. The Labute approximate surface area is 137 Å². The van der Waals surface area contributed by atoms with Crippen molar-refractivity contribution in [3.63, 3.8) is 0 Å². The van der Waals surface area contributed by atoms with Crippen LogP contribution in [0.4, 0.5) is 11.4 Å². The predicted molar refractivity (Wildman–Crippen MR) is 90.0 cm³/mol. The summed E-state index contributed by atoms with van der Waals surface area (Å²) in [6, 6.07) is 8.06. The summed E-state index contributed by atoms with van der Waals surface area (Å²) in [5.41, 5.74) is 2.04. The Morgan fingerprint density at radius 2 is 1.57 bits per heavy atom. The zero-order chi connectivity index (χ0) is 15.9. The van der Waals surface area contributed by atoms with Crippen molar-refractivity contribution < 1.29 is 14.3 Å². The summed E-state index contributed by atoms with van der Waals surface area (Å²) in [6.45, 7) is 7.57. The van der Waals surface area contributed by atoms with Crippen LogP contribution in [0.5, 0.6) is 0 Å². The highest BCUT2D eigenvalue weighted by atomic mass is 16.5. The van der Waals surface area contributed by atoms with Gasteiger partial charge in [-0.05, 0) is 24.3 Å². The highest BCUT2D eigenvalue weighted by molar-refractivity contribution is 5.91. The number of rotatable bonds is 5. The molecule has 23 heavy (non-hydrogen) atoms. The lowest BCUT2D eigenvalue weighted by Gasteiger charge is -2.29. The van der Waals surface area contributed by atoms with E-state index < -0.39 is 0 Å². The first-order chi connectivity index (χ1) is 11.3. The molecule has 2 aliphatic rings. The van der Waals surface area contributed by atoms with Crippen LogP contribution in [0.1, 0.15) is 6.42 Å². The van der Waals surface area contributed by atoms with E-state index in [2.05, 4.69) is 27.2 Å². The van der Waals surface area contributed by atoms with Crippen molar-refractivity contribution in [1.82, 2.24) is 4.90 Å². The van der Waals surface area contributed by atoms with Gasteiger partial charge in [0.05, 0.1) is 26.4 Å². The number of ether oxygens (including phenoxy) is 2. The van der Waals surface area contributed by atoms with E-state index in [0.717, 1.165) is 64.8 Å². The first-order valence-electron chi connectivity index (χ1n) is 8.34. The van der Waals surface area contributed by atoms with Gasteiger partial charge in [0.25, 0.3) is 0 Å². The Balaban J connectivity index is 1.44. The van der Waals surface area contributed by atoms with Crippen molar-refractivity contribution >= 4 is 17.3 Å². The molecule has 2 saturated heterocycles. The van der Waals surface area contributed by atoms with E-state index in [4.69, 9.17) is 9.47 Å². The first-order valence-corrected chi connectivity index (χ1v) is 8.34. The molecular weight excluding hydrogens is 294 g/mol. The van der Waals surface area contributed by atoms with Gasteiger partial charge in [-0.3, -0.25) is 9.69 Å². The topological polar surface area (TPSA) is 54.0 Å². The molecule has 2 fully saturated rings. The van der Waals surface area contributed by atoms with Gasteiger partial charge in [-0.25, -0.2) is 0 Å². The van der Waals surface area contributed by atoms with Gasteiger partial charge >= 0.3 is 0 Å². The van der Waals surface area contributed by atoms with Crippen LogP contribution in [0.3, 0.4) is 0 Å². The molecule has 0 bridgehead atoms. The summed E-state index contributed by atoms with van der Waals surface area (Å²) < 4.78 is 10.7. The van der Waals surface area contributed by atoms with Gasteiger partial charge in [-0.1, -0.05) is 0 Å². The van der Waals surface area contributed by atoms with Gasteiger partial charge in [0.1, 0.15) is 0 Å². The number of anilines is 2. The fraction of sp³-hybridized carbons (Fsp3) is 0.588. The molecule has 0 aromatic heterocycles. The minimum atomic E-state index is 0.0654. The Morgan fingerprint density at radius 3 is 2.22 bits per heavy atom. The van der Waals surface area contributed by atoms with E-state index in [-0.39, 0.29) is 5.91 Å². The van der Waals surface area contributed by atoms with Crippen molar-refractivity contribution in [2.75, 3.05) is 69.4 Å². The van der Waals surface area contributed by atoms with Crippen molar-refractivity contribution in [1.29, 1.82) is 0 Å². The van der Waals surface area contributed by atoms with Crippen LogP contribution < -0.4 is 10.2 Å². The second-order valence-corrected chi connectivity index (χ2v) is 5.90. The monoisotopic (exact) mass is 319 g/mol. The van der Waals surface area contributed by atoms with E-state index >= 15 is 0 Å². The molecule has 0 radical (unpaired) electrons. The average Bonchev–Trinajstić information content (AvgIpc) is 2.62. The SMILES string of the molecule is O=C(CCN1CCOCC1)Nc1ccc(N2CCOCC2)cc1. The second-order valence-electron chi connectivity index (χ2n) is 5.90. The van der Waals surface area contributed by atoms with Gasteiger partial charge in [0.15, 0.2) is 0 Å². The molecule has 1 amide bonds. The molecule has 1 aromatic rings. The standard InChI is InChI=1S/C17H25N3O3/c21-17(5-6-19-7-11-22-12-8-19)18-15-1-3-16(4-2-15)20-9-13-23-14-10-20/h1-4H,5-14H2,(H,18,21). The Kier molecular flexibility index (Phi) is 5.85. The van der Waals surface area contributed by atoms with E-state index in [9.17, 15) is 4.79 Å². The zero-order valence-electron chi connectivity index (χ0n) is 13.5. The van der Waals surface area contributed by atoms with E-state index in [0.29, 0.717) is 6.42 Å². The Morgan fingerprint density at radius 1 is 0.957 bits per heavy atom. The molecule has 1 N–H and O–H groups in total. The molecule has 0 spiro atoms. The number of morpholine rings is 2. The maximum absolute atomic E-state index is 12.0. The van der Waals surface area contributed by atoms with Gasteiger partial charge in [-0.2, -0.15) is 0 Å². The third kappa shape index (κ3) is 4.92. The highest BCUT2D eigenvalue weighted by Gasteiger charge is 2.13. The number of nitrogens with zero attached hydrogens (tertiary/aromatic N) is 2. The van der Waals surface area contributed by atoms with Gasteiger partial charge in [0, 0.05) is 50.5 Å². The summed E-state index contributed by atoms with van der Waals surface area (Å²) in [7, 11) is 0. The Hall–Kier alpha value is -1.63. The zero-order valence-corrected chi connectivity index (χ0v) is 13.5. The van der Waals surface area contributed by atoms with Crippen molar-refractivity contribution in [2.45, 2.75) is 6.42 Å². The molecule has 2 aliphatic heterocycles. The average molecular weight is 319 g/mol. The van der Waals surface area contributed by atoms with Crippen molar-refractivity contribution in [3.05, 3.63) is 24.3 Å². The van der Waals surface area contributed by atoms with E-state index in [1.165, 1.54) is 5.69 Å². The lowest BCUT2D eigenvalue weighted by atomic mass is 10.2. The number of hydrogen-bond donors (Lipinski definition) is 1. The number of nitrogens with one attached hydrogen (secondary N) is 1. The summed E-state index contributed by atoms with van der Waals surface area (Å²) in [6.07, 6.45) is 0.519. The van der Waals surface area contributed by atoms with Crippen LogP contribution in [-0.2, 0) is 14.3 Å². The normalized spacial score (nSPS) is 19.6. The summed E-state index contributed by atoms with van der Waals surface area (Å²) in [5, 5.41) is 2.97. The molecule has 2 heterocycles. The van der Waals surface area contributed by atoms with Crippen LogP contribution in [0, 0.1) is 0 Å². The third-order valence-electron chi connectivity index (χ3n) is 4.29. The molecular formula is C17H25N3O3. The molecule has 6 heteroatoms. The fourth-order valence-electron chi connectivity index (χ4n) is 2.89. The lowest BCUT2D eigenvalue weighted by Crippen LogP contribution is -2.38. The molecule has 0 atom stereocenters. The summed E-state index contributed by atoms with van der Waals surface area (Å²) in [5.74, 6) is 0.0654. The van der Waals surface area contributed by atoms with Crippen LogP contribution in [0.2, 0.25) is 0 Å². The fourth-order valence-corrected chi connectivity index (χ4v) is 2.89.